The molecule has 66 heavy (non-hydrogen) atoms. The second kappa shape index (κ2) is 47.0. The standard InChI is InChI=1S/C21H34O.C21H32O.C21H30O/c3*1-2-3-4-5-6-7-8-9-10-11-12-13-14-16-20-17-15-18-21(22)19-20/h7-8,15,17-19,22H,2-6,9-14,16H2,1H3;4-5,7-8,15,17-19,22H,2-3,6,9-14,16H2,1H3;2,4-5,7-8,15,17-19,22H,1,3,6,9-14,16H2/b8-7+;2*5-4+,8-7+. The van der Waals surface area contributed by atoms with Gasteiger partial charge in [-0.05, 0) is 169 Å². The highest BCUT2D eigenvalue weighted by atomic mass is 16.3. The monoisotopic (exact) mass is 901 g/mol. The van der Waals surface area contributed by atoms with E-state index >= 15 is 0 Å². The summed E-state index contributed by atoms with van der Waals surface area (Å²) in [5.41, 5.74) is 3.75. The summed E-state index contributed by atoms with van der Waals surface area (Å²) in [6.07, 6.45) is 63.3. The largest absolute Gasteiger partial charge is 0.508 e. The number of hydrogen-bond donors (Lipinski definition) is 3. The van der Waals surface area contributed by atoms with Crippen molar-refractivity contribution in [2.75, 3.05) is 0 Å². The van der Waals surface area contributed by atoms with Crippen molar-refractivity contribution in [2.24, 2.45) is 0 Å². The van der Waals surface area contributed by atoms with Gasteiger partial charge in [0, 0.05) is 0 Å². The third-order valence-corrected chi connectivity index (χ3v) is 11.6. The maximum absolute atomic E-state index is 9.41. The van der Waals surface area contributed by atoms with Crippen LogP contribution in [-0.4, -0.2) is 15.3 Å². The predicted molar refractivity (Wildman–Crippen MR) is 292 cm³/mol. The van der Waals surface area contributed by atoms with E-state index < -0.39 is 0 Å². The van der Waals surface area contributed by atoms with Crippen LogP contribution in [0.4, 0.5) is 0 Å². The van der Waals surface area contributed by atoms with Gasteiger partial charge in [0.25, 0.3) is 0 Å². The van der Waals surface area contributed by atoms with Gasteiger partial charge in [-0.3, -0.25) is 0 Å². The fourth-order valence-corrected chi connectivity index (χ4v) is 7.68. The number of phenols is 3. The highest BCUT2D eigenvalue weighted by Crippen LogP contribution is 2.18. The first-order valence-electron chi connectivity index (χ1n) is 26.7. The molecule has 0 aliphatic carbocycles. The Morgan fingerprint density at radius 2 is 0.636 bits per heavy atom. The summed E-state index contributed by atoms with van der Waals surface area (Å²) in [7, 11) is 0. The number of aromatic hydroxyl groups is 3. The van der Waals surface area contributed by atoms with Crippen molar-refractivity contribution in [3.63, 3.8) is 0 Å². The third-order valence-electron chi connectivity index (χ3n) is 11.6. The predicted octanol–water partition coefficient (Wildman–Crippen LogP) is 19.7. The molecular formula is C63H96O3. The summed E-state index contributed by atoms with van der Waals surface area (Å²) in [5.74, 6) is 1.15. The van der Waals surface area contributed by atoms with E-state index in [0.29, 0.717) is 17.2 Å². The maximum atomic E-state index is 9.41. The molecule has 0 aliphatic rings. The van der Waals surface area contributed by atoms with Gasteiger partial charge in [0.1, 0.15) is 17.2 Å². The fraction of sp³-hybridized carbons (Fsp3) is 0.524. The molecule has 0 spiro atoms. The van der Waals surface area contributed by atoms with Crippen molar-refractivity contribution in [3.05, 3.63) is 163 Å². The molecular weight excluding hydrogens is 805 g/mol. The zero-order valence-electron chi connectivity index (χ0n) is 42.2. The Labute approximate surface area is 406 Å². The summed E-state index contributed by atoms with van der Waals surface area (Å²) in [5, 5.41) is 28.2. The molecule has 3 nitrogen and oxygen atoms in total. The number of unbranched alkanes of at least 4 members (excludes halogenated alkanes) is 20. The lowest BCUT2D eigenvalue weighted by Crippen LogP contribution is -1.86. The Morgan fingerprint density at radius 1 is 0.333 bits per heavy atom. The molecule has 0 saturated heterocycles. The van der Waals surface area contributed by atoms with E-state index in [4.69, 9.17) is 0 Å². The lowest BCUT2D eigenvalue weighted by Gasteiger charge is -2.02. The van der Waals surface area contributed by atoms with Gasteiger partial charge in [0.2, 0.25) is 0 Å². The Hall–Kier alpha value is -4.50. The van der Waals surface area contributed by atoms with Crippen LogP contribution in [-0.2, 0) is 19.3 Å². The zero-order valence-corrected chi connectivity index (χ0v) is 42.2. The van der Waals surface area contributed by atoms with Gasteiger partial charge < -0.3 is 15.3 Å². The van der Waals surface area contributed by atoms with Crippen molar-refractivity contribution in [1.29, 1.82) is 0 Å². The molecule has 0 radical (unpaired) electrons. The highest BCUT2D eigenvalue weighted by molar-refractivity contribution is 5.28. The minimum absolute atomic E-state index is 0.378. The number of allylic oxidation sites excluding steroid dienone is 11. The van der Waals surface area contributed by atoms with Crippen LogP contribution >= 0.6 is 0 Å². The molecule has 0 atom stereocenters. The van der Waals surface area contributed by atoms with Crippen LogP contribution in [0.15, 0.2) is 146 Å². The Kier molecular flexibility index (Phi) is 42.4. The summed E-state index contributed by atoms with van der Waals surface area (Å²) in [4.78, 5) is 0. The van der Waals surface area contributed by atoms with Crippen molar-refractivity contribution < 1.29 is 15.3 Å². The zero-order chi connectivity index (χ0) is 47.6. The quantitative estimate of drug-likeness (QED) is 0.0399. The SMILES string of the molecule is C=CC/C=C/C/C=C/CCCCCCCc1cccc(O)c1.CCC/C=C/C/C=C/CCCCCCCc1cccc(O)c1.CCCCCC/C=C/CCCCCCCc1cccc(O)c1. The molecule has 3 N–H and O–H groups in total. The number of phenolic OH excluding ortho intramolecular Hbond substituents is 3. The van der Waals surface area contributed by atoms with Crippen LogP contribution in [0, 0.1) is 0 Å². The Morgan fingerprint density at radius 3 is 0.985 bits per heavy atom. The molecule has 0 unspecified atom stereocenters. The van der Waals surface area contributed by atoms with Gasteiger partial charge in [0.15, 0.2) is 0 Å². The average Bonchev–Trinajstić information content (AvgIpc) is 3.31. The Bertz CT molecular complexity index is 1680. The molecule has 0 saturated carbocycles. The number of aryl methyl sites for hydroxylation is 3. The van der Waals surface area contributed by atoms with Crippen LogP contribution in [0.1, 0.15) is 210 Å². The molecule has 0 heterocycles. The molecule has 0 bridgehead atoms. The van der Waals surface area contributed by atoms with Gasteiger partial charge in [-0.15, -0.1) is 6.58 Å². The first-order valence-corrected chi connectivity index (χ1v) is 26.7. The topological polar surface area (TPSA) is 60.7 Å². The van der Waals surface area contributed by atoms with Crippen LogP contribution in [0.2, 0.25) is 0 Å². The van der Waals surface area contributed by atoms with E-state index in [1.54, 1.807) is 18.2 Å². The van der Waals surface area contributed by atoms with Crippen molar-refractivity contribution in [1.82, 2.24) is 0 Å². The molecule has 0 amide bonds. The summed E-state index contributed by atoms with van der Waals surface area (Å²) in [6, 6.07) is 22.9. The minimum Gasteiger partial charge on any atom is -0.508 e. The van der Waals surface area contributed by atoms with Crippen molar-refractivity contribution in [2.45, 2.75) is 213 Å². The van der Waals surface area contributed by atoms with Gasteiger partial charge >= 0.3 is 0 Å². The first-order chi connectivity index (χ1) is 32.5. The van der Waals surface area contributed by atoms with E-state index in [1.165, 1.54) is 177 Å². The lowest BCUT2D eigenvalue weighted by atomic mass is 10.0. The fourth-order valence-electron chi connectivity index (χ4n) is 7.68. The molecule has 3 heteroatoms. The highest BCUT2D eigenvalue weighted by Gasteiger charge is 1.98. The van der Waals surface area contributed by atoms with Crippen molar-refractivity contribution >= 4 is 0 Å². The molecule has 0 aromatic heterocycles. The molecule has 3 aromatic rings. The molecule has 0 aliphatic heterocycles. The summed E-state index contributed by atoms with van der Waals surface area (Å²) >= 11 is 0. The van der Waals surface area contributed by atoms with Crippen molar-refractivity contribution in [3.8, 4) is 17.2 Å². The molecule has 0 fully saturated rings. The number of benzene rings is 3. The van der Waals surface area contributed by atoms with E-state index in [1.807, 2.05) is 42.5 Å². The van der Waals surface area contributed by atoms with Crippen LogP contribution < -0.4 is 0 Å². The average molecular weight is 901 g/mol. The van der Waals surface area contributed by atoms with Gasteiger partial charge in [-0.25, -0.2) is 0 Å². The summed E-state index contributed by atoms with van der Waals surface area (Å²) < 4.78 is 0. The smallest absolute Gasteiger partial charge is 0.115 e. The van der Waals surface area contributed by atoms with Gasteiger partial charge in [-0.2, -0.15) is 0 Å². The number of rotatable bonds is 37. The van der Waals surface area contributed by atoms with Gasteiger partial charge in [0.05, 0.1) is 0 Å². The molecule has 3 aromatic carbocycles. The summed E-state index contributed by atoms with van der Waals surface area (Å²) in [6.45, 7) is 8.17. The van der Waals surface area contributed by atoms with Crippen LogP contribution in [0.5, 0.6) is 17.2 Å². The molecule has 3 rings (SSSR count). The van der Waals surface area contributed by atoms with Crippen LogP contribution in [0.3, 0.4) is 0 Å². The Balaban J connectivity index is 0.000000495. The second-order valence-electron chi connectivity index (χ2n) is 17.9. The minimum atomic E-state index is 0.378. The molecule has 366 valence electrons. The second-order valence-corrected chi connectivity index (χ2v) is 17.9. The lowest BCUT2D eigenvalue weighted by molar-refractivity contribution is 0.473. The van der Waals surface area contributed by atoms with Gasteiger partial charge in [-0.1, -0.05) is 201 Å². The van der Waals surface area contributed by atoms with E-state index in [9.17, 15) is 15.3 Å². The normalized spacial score (nSPS) is 11.5. The number of hydrogen-bond acceptors (Lipinski definition) is 3. The van der Waals surface area contributed by atoms with E-state index in [-0.39, 0.29) is 0 Å². The van der Waals surface area contributed by atoms with E-state index in [0.717, 1.165) is 38.5 Å². The third kappa shape index (κ3) is 41.0. The van der Waals surface area contributed by atoms with Crippen LogP contribution in [0.25, 0.3) is 0 Å². The first kappa shape index (κ1) is 59.5. The van der Waals surface area contributed by atoms with E-state index in [2.05, 4.69) is 99.4 Å². The maximum Gasteiger partial charge on any atom is 0.115 e.